The van der Waals surface area contributed by atoms with Gasteiger partial charge < -0.3 is 0 Å². The zero-order valence-corrected chi connectivity index (χ0v) is 6.97. The van der Waals surface area contributed by atoms with Crippen LogP contribution in [0.2, 0.25) is 0 Å². The first-order valence-electron chi connectivity index (χ1n) is 2.38. The molecule has 2 unspecified atom stereocenters. The normalized spacial score (nSPS) is 16.0. The summed E-state index contributed by atoms with van der Waals surface area (Å²) < 4.78 is 0. The molecule has 0 aromatic rings. The molecular formula is C4H11BP2+. The van der Waals surface area contributed by atoms with Crippen molar-refractivity contribution in [3.05, 3.63) is 0 Å². The molecule has 0 spiro atoms. The van der Waals surface area contributed by atoms with E-state index < -0.39 is 0 Å². The Hall–Kier alpha value is 0.795. The number of rotatable bonds is 2. The molecule has 0 aliphatic heterocycles. The summed E-state index contributed by atoms with van der Waals surface area (Å²) >= 11 is 0. The van der Waals surface area contributed by atoms with Crippen LogP contribution in [0.25, 0.3) is 0 Å². The third-order valence-corrected chi connectivity index (χ3v) is 7.07. The van der Waals surface area contributed by atoms with Crippen molar-refractivity contribution in [1.29, 1.82) is 0 Å². The van der Waals surface area contributed by atoms with E-state index in [2.05, 4.69) is 20.3 Å². The van der Waals surface area contributed by atoms with Crippen molar-refractivity contribution in [1.82, 2.24) is 0 Å². The standard InChI is InChI=1S/C4H11BP2/c1-4-6(2)7(3)5/h4H2,1-3H3/q+1. The number of hydrogen-bond donors (Lipinski definition) is 0. The summed E-state index contributed by atoms with van der Waals surface area (Å²) in [7, 11) is 5.75. The molecule has 0 nitrogen and oxygen atoms in total. The van der Waals surface area contributed by atoms with E-state index >= 15 is 0 Å². The molecule has 1 radical (unpaired) electrons. The van der Waals surface area contributed by atoms with Crippen molar-refractivity contribution in [3.8, 4) is 0 Å². The van der Waals surface area contributed by atoms with Crippen molar-refractivity contribution >= 4 is 21.9 Å². The van der Waals surface area contributed by atoms with E-state index in [1.807, 2.05) is 0 Å². The van der Waals surface area contributed by atoms with Gasteiger partial charge in [0.25, 0.3) is 0 Å². The predicted molar refractivity (Wildman–Crippen MR) is 42.0 cm³/mol. The van der Waals surface area contributed by atoms with Gasteiger partial charge in [0.1, 0.15) is 0 Å². The summed E-state index contributed by atoms with van der Waals surface area (Å²) in [5, 5.41) is 0. The molecule has 0 N–H and O–H groups in total. The van der Waals surface area contributed by atoms with E-state index in [0.29, 0.717) is 0 Å². The van der Waals surface area contributed by atoms with Gasteiger partial charge in [-0.05, 0) is 0 Å². The van der Waals surface area contributed by atoms with Gasteiger partial charge in [-0.25, -0.2) is 0 Å². The van der Waals surface area contributed by atoms with Gasteiger partial charge in [0.2, 0.25) is 0 Å². The summed E-state index contributed by atoms with van der Waals surface area (Å²) in [6.07, 6.45) is 1.29. The molecule has 0 aliphatic carbocycles. The quantitative estimate of drug-likeness (QED) is 0.399. The van der Waals surface area contributed by atoms with E-state index in [0.717, 1.165) is 0 Å². The predicted octanol–water partition coefficient (Wildman–Crippen LogP) is 2.23. The fourth-order valence-corrected chi connectivity index (χ4v) is 2.01. The van der Waals surface area contributed by atoms with Gasteiger partial charge in [0.05, 0.1) is 0 Å². The first kappa shape index (κ1) is 7.79. The Bertz CT molecular complexity index is 72.1. The zero-order valence-electron chi connectivity index (χ0n) is 5.18. The monoisotopic (exact) mass is 132 g/mol. The van der Waals surface area contributed by atoms with Crippen molar-refractivity contribution in [2.75, 3.05) is 19.5 Å². The van der Waals surface area contributed by atoms with Gasteiger partial charge in [-0.2, -0.15) is 0 Å². The van der Waals surface area contributed by atoms with Crippen LogP contribution >= 0.6 is 14.7 Å². The van der Waals surface area contributed by atoms with Gasteiger partial charge in [-0.15, -0.1) is 0 Å². The van der Waals surface area contributed by atoms with Gasteiger partial charge >= 0.3 is 48.3 Å². The number of hydrogen-bond acceptors (Lipinski definition) is 0. The van der Waals surface area contributed by atoms with Gasteiger partial charge in [0.15, 0.2) is 0 Å². The fraction of sp³-hybridized carbons (Fsp3) is 1.00. The van der Waals surface area contributed by atoms with Crippen molar-refractivity contribution in [2.24, 2.45) is 0 Å². The molecule has 0 rings (SSSR count). The minimum absolute atomic E-state index is 0.0970. The van der Waals surface area contributed by atoms with Gasteiger partial charge in [0, 0.05) is 0 Å². The molecule has 0 saturated carbocycles. The van der Waals surface area contributed by atoms with E-state index in [-0.39, 0.29) is 14.7 Å². The van der Waals surface area contributed by atoms with E-state index in [1.165, 1.54) is 6.16 Å². The maximum atomic E-state index is 5.64. The second-order valence-electron chi connectivity index (χ2n) is 1.55. The molecule has 0 bridgehead atoms. The Morgan fingerprint density at radius 3 is 2.14 bits per heavy atom. The van der Waals surface area contributed by atoms with Crippen LogP contribution < -0.4 is 0 Å². The summed E-state index contributed by atoms with van der Waals surface area (Å²) in [5.74, 6) is 0. The second-order valence-corrected chi connectivity index (χ2v) is 8.58. The molecule has 0 saturated heterocycles. The molecule has 3 heteroatoms. The summed E-state index contributed by atoms with van der Waals surface area (Å²) in [5.41, 5.74) is 0. The van der Waals surface area contributed by atoms with E-state index in [4.69, 9.17) is 7.18 Å². The molecule has 0 heterocycles. The molecule has 0 amide bonds. The Balaban J connectivity index is 3.34. The van der Waals surface area contributed by atoms with Crippen molar-refractivity contribution < 1.29 is 0 Å². The Morgan fingerprint density at radius 2 is 2.14 bits per heavy atom. The van der Waals surface area contributed by atoms with Crippen LogP contribution in [0.3, 0.4) is 0 Å². The summed E-state index contributed by atoms with van der Waals surface area (Å²) in [6.45, 7) is 6.61. The molecular weight excluding hydrogens is 121 g/mol. The molecule has 39 valence electrons. The van der Waals surface area contributed by atoms with Crippen LogP contribution in [0.4, 0.5) is 0 Å². The average Bonchev–Trinajstić information content (AvgIpc) is 1.65. The van der Waals surface area contributed by atoms with E-state index in [9.17, 15) is 0 Å². The first-order valence-corrected chi connectivity index (χ1v) is 6.91. The third-order valence-electron chi connectivity index (χ3n) is 0.996. The van der Waals surface area contributed by atoms with E-state index in [1.54, 1.807) is 0 Å². The van der Waals surface area contributed by atoms with Gasteiger partial charge in [-0.3, -0.25) is 0 Å². The Kier molecular flexibility index (Phi) is 4.18. The van der Waals surface area contributed by atoms with Crippen LogP contribution in [0, 0.1) is 0 Å². The van der Waals surface area contributed by atoms with Crippen LogP contribution in [0.5, 0.6) is 0 Å². The topological polar surface area (TPSA) is 0 Å². The van der Waals surface area contributed by atoms with Gasteiger partial charge in [-0.1, -0.05) is 0 Å². The Labute approximate surface area is 49.1 Å². The third kappa shape index (κ3) is 3.38. The average molecular weight is 132 g/mol. The molecule has 2 atom stereocenters. The minimum atomic E-state index is -0.0970. The van der Waals surface area contributed by atoms with Crippen LogP contribution in [0.1, 0.15) is 6.92 Å². The molecule has 7 heavy (non-hydrogen) atoms. The molecule has 0 aromatic heterocycles. The first-order chi connectivity index (χ1) is 3.18. The van der Waals surface area contributed by atoms with Crippen LogP contribution in [0.15, 0.2) is 0 Å². The zero-order chi connectivity index (χ0) is 5.86. The van der Waals surface area contributed by atoms with Crippen LogP contribution in [-0.4, -0.2) is 26.7 Å². The summed E-state index contributed by atoms with van der Waals surface area (Å²) in [6, 6.07) is 0. The fourth-order valence-electron chi connectivity index (χ4n) is 0.223. The van der Waals surface area contributed by atoms with Crippen molar-refractivity contribution in [3.63, 3.8) is 0 Å². The summed E-state index contributed by atoms with van der Waals surface area (Å²) in [4.78, 5) is 0. The molecule has 0 aromatic carbocycles. The SMILES string of the molecule is [B]=[P+](C)P(C)CC. The Morgan fingerprint density at radius 1 is 1.71 bits per heavy atom. The molecule has 0 aliphatic rings. The van der Waals surface area contributed by atoms with Crippen LogP contribution in [-0.2, 0) is 0 Å². The van der Waals surface area contributed by atoms with Crippen molar-refractivity contribution in [2.45, 2.75) is 6.92 Å². The second kappa shape index (κ2) is 3.76. The maximum absolute atomic E-state index is 5.64. The molecule has 0 fully saturated rings.